The van der Waals surface area contributed by atoms with Gasteiger partial charge in [0.15, 0.2) is 23.7 Å². The lowest BCUT2D eigenvalue weighted by Crippen LogP contribution is -2.30. The summed E-state index contributed by atoms with van der Waals surface area (Å²) in [5, 5.41) is 0. The minimum atomic E-state index is -0.274. The van der Waals surface area contributed by atoms with Crippen LogP contribution in [0.4, 0.5) is 4.39 Å². The molecule has 0 unspecified atom stereocenters. The van der Waals surface area contributed by atoms with E-state index in [9.17, 15) is 4.39 Å². The quantitative estimate of drug-likeness (QED) is 0.131. The third kappa shape index (κ3) is 16.6. The zero-order valence-electron chi connectivity index (χ0n) is 62.0. The van der Waals surface area contributed by atoms with Crippen molar-refractivity contribution in [2.45, 2.75) is 152 Å². The van der Waals surface area contributed by atoms with E-state index in [-0.39, 0.29) is 35.5 Å². The van der Waals surface area contributed by atoms with Crippen molar-refractivity contribution >= 4 is 44.4 Å². The Morgan fingerprint density at radius 1 is 0.343 bits per heavy atom. The molecule has 8 aromatic heterocycles. The van der Waals surface area contributed by atoms with Crippen molar-refractivity contribution in [2.75, 3.05) is 0 Å². The maximum atomic E-state index is 13.1. The first-order chi connectivity index (χ1) is 48.2. The van der Waals surface area contributed by atoms with Crippen molar-refractivity contribution < 1.29 is 40.3 Å². The Hall–Kier alpha value is -11.1. The lowest BCUT2D eigenvalue weighted by atomic mass is 9.88. The van der Waals surface area contributed by atoms with Gasteiger partial charge in [-0.2, -0.15) is 18.3 Å². The number of nitrogens with zero attached hydrogens (tertiary/aromatic N) is 8. The number of hydrogen-bond acceptors (Lipinski definition) is 8. The van der Waals surface area contributed by atoms with Gasteiger partial charge >= 0.3 is 0 Å². The third-order valence-electron chi connectivity index (χ3n) is 19.6. The molecule has 0 aliphatic rings. The molecule has 0 bridgehead atoms. The van der Waals surface area contributed by atoms with Crippen molar-refractivity contribution in [3.63, 3.8) is 0 Å². The third-order valence-corrected chi connectivity index (χ3v) is 19.6. The van der Waals surface area contributed by atoms with Gasteiger partial charge in [0.25, 0.3) is 0 Å². The molecule has 7 aromatic carbocycles. The van der Waals surface area contributed by atoms with Gasteiger partial charge in [-0.15, -0.1) is 0 Å². The Kier molecular flexibility index (Phi) is 24.8. The fourth-order valence-corrected chi connectivity index (χ4v) is 13.6. The molecular formula is C92H107FN8O4+4. The summed E-state index contributed by atoms with van der Waals surface area (Å²) in [5.41, 5.74) is 36.9. The van der Waals surface area contributed by atoms with E-state index in [1.165, 1.54) is 119 Å². The van der Waals surface area contributed by atoms with Gasteiger partial charge in [0.1, 0.15) is 50.6 Å². The number of aryl methyl sites for hydroxylation is 12. The van der Waals surface area contributed by atoms with E-state index in [0.717, 1.165) is 84.2 Å². The lowest BCUT2D eigenvalue weighted by molar-refractivity contribution is -0.659. The van der Waals surface area contributed by atoms with Gasteiger partial charge in [-0.1, -0.05) is 140 Å². The number of halogens is 1. The van der Waals surface area contributed by atoms with Gasteiger partial charge in [0, 0.05) is 57.1 Å². The van der Waals surface area contributed by atoms with Crippen LogP contribution in [0.1, 0.15) is 147 Å². The van der Waals surface area contributed by atoms with Gasteiger partial charge in [-0.05, 0) is 211 Å². The van der Waals surface area contributed by atoms with Crippen molar-refractivity contribution in [2.24, 2.45) is 28.2 Å². The first-order valence-corrected chi connectivity index (χ1v) is 34.6. The summed E-state index contributed by atoms with van der Waals surface area (Å²) in [5.74, 6) is 2.39. The zero-order chi connectivity index (χ0) is 72.0. The largest absolute Gasteiger partial charge is 0.443 e. The average Bonchev–Trinajstić information content (AvgIpc) is 1.67. The molecular weight excluding hydrogens is 1300 g/mol. The van der Waals surface area contributed by atoms with Crippen LogP contribution in [0.25, 0.3) is 124 Å². The summed E-state index contributed by atoms with van der Waals surface area (Å²) in [6.45, 7) is 34.7. The molecule has 0 N–H and O–H groups in total. The fraction of sp³-hybridized carbons (Fsp3) is 0.283. The highest BCUT2D eigenvalue weighted by Gasteiger charge is 2.26. The number of rotatable bonds is 9. The number of hydrogen-bond donors (Lipinski definition) is 0. The molecule has 0 atom stereocenters. The van der Waals surface area contributed by atoms with Crippen LogP contribution >= 0.6 is 0 Å². The average molecular weight is 1410 g/mol. The maximum Gasteiger partial charge on any atom is 0.228 e. The van der Waals surface area contributed by atoms with Gasteiger partial charge < -0.3 is 17.7 Å². The van der Waals surface area contributed by atoms with E-state index in [1.54, 1.807) is 12.1 Å². The van der Waals surface area contributed by atoms with E-state index >= 15 is 0 Å². The van der Waals surface area contributed by atoms with Crippen LogP contribution in [0.5, 0.6) is 0 Å². The minimum Gasteiger partial charge on any atom is -0.443 e. The van der Waals surface area contributed by atoms with Crippen molar-refractivity contribution in [1.29, 1.82) is 0 Å². The second kappa shape index (κ2) is 32.7. The van der Waals surface area contributed by atoms with E-state index in [2.05, 4.69) is 244 Å². The second-order valence-corrected chi connectivity index (χ2v) is 28.0. The number of aromatic nitrogens is 8. The Morgan fingerprint density at radius 2 is 0.676 bits per heavy atom. The molecule has 542 valence electrons. The molecule has 13 heteroatoms. The second-order valence-electron chi connectivity index (χ2n) is 28.0. The topological polar surface area (TPSA) is 120 Å². The van der Waals surface area contributed by atoms with Crippen LogP contribution in [0.15, 0.2) is 194 Å². The molecule has 8 heterocycles. The Labute approximate surface area is 621 Å². The highest BCUT2D eigenvalue weighted by molar-refractivity contribution is 5.83. The van der Waals surface area contributed by atoms with E-state index < -0.39 is 0 Å². The molecule has 15 aromatic rings. The smallest absolute Gasteiger partial charge is 0.228 e. The van der Waals surface area contributed by atoms with Crippen molar-refractivity contribution in [1.82, 2.24) is 19.9 Å². The van der Waals surface area contributed by atoms with Crippen LogP contribution in [0, 0.1) is 88.9 Å². The zero-order valence-corrected chi connectivity index (χ0v) is 62.0. The summed E-state index contributed by atoms with van der Waals surface area (Å²) in [7, 11) is 8.18. The van der Waals surface area contributed by atoms with Crippen molar-refractivity contribution in [3.8, 4) is 79.4 Å². The van der Waals surface area contributed by atoms with Gasteiger partial charge in [-0.25, -0.2) is 24.3 Å². The fourth-order valence-electron chi connectivity index (χ4n) is 13.6. The number of benzene rings is 7. The molecule has 105 heavy (non-hydrogen) atoms. The maximum absolute atomic E-state index is 13.1. The number of fused-ring (bicyclic) bond motifs is 4. The van der Waals surface area contributed by atoms with E-state index in [1.807, 2.05) is 69.1 Å². The molecule has 0 aliphatic carbocycles. The number of pyridine rings is 4. The normalized spacial score (nSPS) is 11.0. The molecule has 15 rings (SSSR count). The first kappa shape index (κ1) is 79.6. The summed E-state index contributed by atoms with van der Waals surface area (Å²) >= 11 is 0. The molecule has 0 amide bonds. The summed E-state index contributed by atoms with van der Waals surface area (Å²) in [6.07, 6.45) is 9.52. The van der Waals surface area contributed by atoms with Gasteiger partial charge in [-0.3, -0.25) is 0 Å². The molecule has 0 radical (unpaired) electrons. The van der Waals surface area contributed by atoms with Crippen LogP contribution in [-0.2, 0) is 28.2 Å². The molecule has 0 spiro atoms. The predicted molar refractivity (Wildman–Crippen MR) is 431 cm³/mol. The molecule has 0 saturated carbocycles. The first-order valence-electron chi connectivity index (χ1n) is 34.6. The summed E-state index contributed by atoms with van der Waals surface area (Å²) < 4.78 is 45.2. The summed E-state index contributed by atoms with van der Waals surface area (Å²) in [6, 6.07) is 48.9. The highest BCUT2D eigenvalue weighted by atomic mass is 19.1. The Morgan fingerprint density at radius 3 is 1.05 bits per heavy atom. The number of oxazole rings is 4. The van der Waals surface area contributed by atoms with Crippen LogP contribution < -0.4 is 18.3 Å². The Balaban J connectivity index is 0.000000177. The molecule has 0 fully saturated rings. The van der Waals surface area contributed by atoms with Crippen molar-refractivity contribution in [3.05, 3.63) is 260 Å². The SMILES string of the molecule is C.C.C.C.Cc1cc(C)c(C)c(-c2cc3nc(-c4c(C(C)C)cccc4C(C)C)oc3c[n+]2C)c1.Cc1cc(C)c(C)c(-c2cc3nc(-c4ccc(F)cc4)oc3c[n+]2C)c1.Cc1cc(C)c(C)c(-c2cc3nc(-c4ccccc4)oc3c[n+]2C)c1.Cc1cc(C)c(C)c(-c2cc3ocnc3c[n+]2C)c1. The monoisotopic (exact) mass is 1410 g/mol. The van der Waals surface area contributed by atoms with Gasteiger partial charge in [0.2, 0.25) is 75.8 Å². The van der Waals surface area contributed by atoms with E-state index in [4.69, 9.17) is 27.6 Å². The van der Waals surface area contributed by atoms with Crippen LogP contribution in [0.2, 0.25) is 0 Å². The minimum absolute atomic E-state index is 0. The van der Waals surface area contributed by atoms with Gasteiger partial charge in [0.05, 0.1) is 6.07 Å². The molecule has 0 saturated heterocycles. The van der Waals surface area contributed by atoms with Crippen LogP contribution in [-0.4, -0.2) is 19.9 Å². The molecule has 12 nitrogen and oxygen atoms in total. The van der Waals surface area contributed by atoms with E-state index in [0.29, 0.717) is 29.2 Å². The predicted octanol–water partition coefficient (Wildman–Crippen LogP) is 22.9. The lowest BCUT2D eigenvalue weighted by Gasteiger charge is -2.17. The standard InChI is InChI=1S/C28H33N2O.C22H20FN2O.C22H21N2O.C16H17N2O.4CH4/c1-16(2)21-10-9-11-22(17(3)4)27(21)28-29-24-14-25(30(8)15-26(24)31-28)23-13-18(5)12-19(6)20(23)7;1-13-9-14(2)15(3)18(10-13)20-11-19-21(12-25(20)4)26-22(24-19)16-5-7-17(23)8-6-16;1-14-10-15(2)16(3)18(11-14)20-12-19-21(13-24(20)4)25-22(23-19)17-8-6-5-7-9-17;1-10-5-11(2)12(3)13(6-10)15-7-16-14(8-18(15)4)17-9-19-16;;;;/h9-17H,1-8H3;5-12H,1-4H3;5-13H,1-4H3;5-9H,1-4H3;4*1H4/q4*+1;;;;. The Bertz CT molecular complexity index is 5610. The summed E-state index contributed by atoms with van der Waals surface area (Å²) in [4.78, 5) is 18.5. The molecule has 0 aliphatic heterocycles. The highest BCUT2D eigenvalue weighted by Crippen LogP contribution is 2.39. The van der Waals surface area contributed by atoms with Crippen LogP contribution in [0.3, 0.4) is 0 Å².